The Bertz CT molecular complexity index is 1110. The van der Waals surface area contributed by atoms with Gasteiger partial charge in [0.1, 0.15) is 5.75 Å². The van der Waals surface area contributed by atoms with E-state index in [-0.39, 0.29) is 30.5 Å². The van der Waals surface area contributed by atoms with E-state index in [1.165, 1.54) is 0 Å². The van der Waals surface area contributed by atoms with Crippen molar-refractivity contribution in [2.75, 3.05) is 39.5 Å². The van der Waals surface area contributed by atoms with Crippen molar-refractivity contribution >= 4 is 15.9 Å². The highest BCUT2D eigenvalue weighted by atomic mass is 32.2. The first-order chi connectivity index (χ1) is 16.2. The Morgan fingerprint density at radius 1 is 1.24 bits per heavy atom. The summed E-state index contributed by atoms with van der Waals surface area (Å²) in [6.45, 7) is 2.68. The molecule has 1 amide bonds. The second kappa shape index (κ2) is 10.4. The van der Waals surface area contributed by atoms with E-state index < -0.39 is 10.0 Å². The normalized spacial score (nSPS) is 21.5. The van der Waals surface area contributed by atoms with Crippen LogP contribution in [-0.4, -0.2) is 74.9 Å². The number of β-amino-alcohol motifs (C(OH)–C–C–N with tert-alkyl or cyclic N) is 1. The molecule has 2 aliphatic rings. The highest BCUT2D eigenvalue weighted by Crippen LogP contribution is 2.37. The first-order valence-electron chi connectivity index (χ1n) is 11.6. The van der Waals surface area contributed by atoms with Gasteiger partial charge in [-0.25, -0.2) is 13.1 Å². The highest BCUT2D eigenvalue weighted by molar-refractivity contribution is 7.88. The number of sulfonamides is 1. The number of hydrogen-bond donors (Lipinski definition) is 2. The number of amides is 1. The minimum atomic E-state index is -3.32. The Labute approximate surface area is 201 Å². The number of aliphatic hydroxyl groups excluding tert-OH is 1. The molecule has 34 heavy (non-hydrogen) atoms. The number of ether oxygens (including phenoxy) is 1. The molecular weight excluding hydrogens is 454 g/mol. The van der Waals surface area contributed by atoms with E-state index in [1.54, 1.807) is 0 Å². The third kappa shape index (κ3) is 5.96. The third-order valence-electron chi connectivity index (χ3n) is 6.63. The predicted octanol–water partition coefficient (Wildman–Crippen LogP) is 1.87. The van der Waals surface area contributed by atoms with E-state index in [0.29, 0.717) is 31.9 Å². The number of likely N-dealkylation sites (N-methyl/N-ethyl adjacent to an activating group) is 1. The molecule has 0 aromatic heterocycles. The maximum atomic E-state index is 13.8. The number of benzene rings is 2. The lowest BCUT2D eigenvalue weighted by Crippen LogP contribution is -2.41. The number of nitrogens with one attached hydrogen (secondary N) is 1. The summed E-state index contributed by atoms with van der Waals surface area (Å²) in [5.74, 6) is 0.300. The second-order valence-corrected chi connectivity index (χ2v) is 11.1. The number of carbonyl (C=O) groups is 1. The van der Waals surface area contributed by atoms with Gasteiger partial charge in [0, 0.05) is 38.8 Å². The van der Waals surface area contributed by atoms with Gasteiger partial charge >= 0.3 is 0 Å². The molecular formula is C25H33N3O5S. The van der Waals surface area contributed by atoms with Crippen LogP contribution in [0.25, 0.3) is 0 Å². The van der Waals surface area contributed by atoms with E-state index in [4.69, 9.17) is 4.74 Å². The average molecular weight is 488 g/mol. The quantitative estimate of drug-likeness (QED) is 0.590. The van der Waals surface area contributed by atoms with E-state index in [2.05, 4.69) is 9.62 Å². The second-order valence-electron chi connectivity index (χ2n) is 9.23. The summed E-state index contributed by atoms with van der Waals surface area (Å²) in [5.41, 5.74) is 2.62. The summed E-state index contributed by atoms with van der Waals surface area (Å²) in [6, 6.07) is 15.3. The largest absolute Gasteiger partial charge is 0.493 e. The van der Waals surface area contributed by atoms with Crippen molar-refractivity contribution in [3.63, 3.8) is 0 Å². The van der Waals surface area contributed by atoms with Gasteiger partial charge < -0.3 is 14.7 Å². The Hall–Kier alpha value is -2.46. The van der Waals surface area contributed by atoms with Crippen molar-refractivity contribution in [3.05, 3.63) is 65.2 Å². The molecule has 1 fully saturated rings. The number of rotatable bonds is 8. The maximum Gasteiger partial charge on any atom is 0.230 e. The fourth-order valence-corrected chi connectivity index (χ4v) is 5.20. The fraction of sp³-hybridized carbons (Fsp3) is 0.480. The van der Waals surface area contributed by atoms with Crippen molar-refractivity contribution in [1.82, 2.24) is 14.5 Å². The molecule has 2 aromatic carbocycles. The summed E-state index contributed by atoms with van der Waals surface area (Å²) in [6.07, 6.45) is 2.11. The van der Waals surface area contributed by atoms with E-state index in [9.17, 15) is 18.3 Å². The zero-order chi connectivity index (χ0) is 24.3. The molecule has 2 N–H and O–H groups in total. The monoisotopic (exact) mass is 487 g/mol. The lowest BCUT2D eigenvalue weighted by molar-refractivity contribution is -0.134. The molecule has 8 nitrogen and oxygen atoms in total. The van der Waals surface area contributed by atoms with Gasteiger partial charge in [-0.1, -0.05) is 36.4 Å². The lowest BCUT2D eigenvalue weighted by Gasteiger charge is -2.36. The van der Waals surface area contributed by atoms with Crippen LogP contribution in [0.2, 0.25) is 0 Å². The van der Waals surface area contributed by atoms with Crippen LogP contribution in [0.5, 0.6) is 5.75 Å². The third-order valence-corrected chi connectivity index (χ3v) is 7.30. The van der Waals surface area contributed by atoms with Crippen LogP contribution in [0.15, 0.2) is 48.5 Å². The maximum absolute atomic E-state index is 13.8. The number of fused-ring (bicyclic) bond motifs is 1. The van der Waals surface area contributed by atoms with E-state index in [0.717, 1.165) is 35.9 Å². The fourth-order valence-electron chi connectivity index (χ4n) is 4.77. The molecule has 4 rings (SSSR count). The van der Waals surface area contributed by atoms with Gasteiger partial charge in [0.15, 0.2) is 0 Å². The topological polar surface area (TPSA) is 99.2 Å². The number of hydrogen-bond acceptors (Lipinski definition) is 6. The number of nitrogens with zero attached hydrogens (tertiary/aromatic N) is 2. The van der Waals surface area contributed by atoms with Crippen LogP contribution in [0.1, 0.15) is 41.5 Å². The summed E-state index contributed by atoms with van der Waals surface area (Å²) < 4.78 is 31.3. The standard InChI is InChI=1S/C25H33N3O5S/c1-27(23(19-6-4-3-5-7-19)17-28-12-10-20(29)16-28)25(30)21-11-13-33-24-9-8-18(14-22(21)24)15-26-34(2,31)32/h3-9,14,20-21,23,26,29H,10-13,15-17H2,1-2H3/t20-,21-,23-/m0/s1. The smallest absolute Gasteiger partial charge is 0.230 e. The highest BCUT2D eigenvalue weighted by Gasteiger charge is 2.34. The molecule has 0 aliphatic carbocycles. The van der Waals surface area contributed by atoms with E-state index >= 15 is 0 Å². The van der Waals surface area contributed by atoms with Gasteiger partial charge in [-0.15, -0.1) is 0 Å². The Kier molecular flexibility index (Phi) is 7.57. The van der Waals surface area contributed by atoms with Gasteiger partial charge in [0.2, 0.25) is 15.9 Å². The minimum Gasteiger partial charge on any atom is -0.493 e. The molecule has 0 spiro atoms. The van der Waals surface area contributed by atoms with Crippen molar-refractivity contribution in [2.24, 2.45) is 0 Å². The molecule has 2 aliphatic heterocycles. The Morgan fingerprint density at radius 3 is 2.68 bits per heavy atom. The SMILES string of the molecule is CN(C(=O)[C@H]1CCOc2ccc(CNS(C)(=O)=O)cc21)[C@@H](CN1CC[C@H](O)C1)c1ccccc1. The first-order valence-corrected chi connectivity index (χ1v) is 13.5. The molecule has 1 saturated heterocycles. The molecule has 0 radical (unpaired) electrons. The first kappa shape index (κ1) is 24.7. The summed E-state index contributed by atoms with van der Waals surface area (Å²) in [4.78, 5) is 17.9. The van der Waals surface area contributed by atoms with Crippen molar-refractivity contribution in [1.29, 1.82) is 0 Å². The van der Waals surface area contributed by atoms with Crippen molar-refractivity contribution in [2.45, 2.75) is 37.5 Å². The van der Waals surface area contributed by atoms with Crippen LogP contribution in [0.3, 0.4) is 0 Å². The van der Waals surface area contributed by atoms with Crippen molar-refractivity contribution < 1.29 is 23.1 Å². The minimum absolute atomic E-state index is 0.00590. The van der Waals surface area contributed by atoms with Gasteiger partial charge in [0.05, 0.1) is 30.9 Å². The van der Waals surface area contributed by atoms with Crippen LogP contribution in [0.4, 0.5) is 0 Å². The molecule has 3 atom stereocenters. The summed E-state index contributed by atoms with van der Waals surface area (Å²) in [5, 5.41) is 9.99. The van der Waals surface area contributed by atoms with Crippen LogP contribution in [-0.2, 0) is 21.4 Å². The van der Waals surface area contributed by atoms with Gasteiger partial charge in [-0.3, -0.25) is 9.69 Å². The van der Waals surface area contributed by atoms with Crippen LogP contribution >= 0.6 is 0 Å². The summed E-state index contributed by atoms with van der Waals surface area (Å²) >= 11 is 0. The van der Waals surface area contributed by atoms with E-state index in [1.807, 2.05) is 60.5 Å². The van der Waals surface area contributed by atoms with Crippen LogP contribution < -0.4 is 9.46 Å². The zero-order valence-electron chi connectivity index (χ0n) is 19.7. The molecule has 0 saturated carbocycles. The Morgan fingerprint density at radius 2 is 2.00 bits per heavy atom. The van der Waals surface area contributed by atoms with Gasteiger partial charge in [-0.05, 0) is 36.1 Å². The number of likely N-dealkylation sites (tertiary alicyclic amines) is 1. The zero-order valence-corrected chi connectivity index (χ0v) is 20.5. The lowest BCUT2D eigenvalue weighted by atomic mass is 9.89. The number of carbonyl (C=O) groups excluding carboxylic acids is 1. The molecule has 0 bridgehead atoms. The average Bonchev–Trinajstić information content (AvgIpc) is 3.24. The van der Waals surface area contributed by atoms with Crippen LogP contribution in [0, 0.1) is 0 Å². The summed E-state index contributed by atoms with van der Waals surface area (Å²) in [7, 11) is -1.48. The Balaban J connectivity index is 1.58. The molecule has 0 unspecified atom stereocenters. The predicted molar refractivity (Wildman–Crippen MR) is 130 cm³/mol. The number of aliphatic hydroxyl groups is 1. The molecule has 2 aromatic rings. The van der Waals surface area contributed by atoms with Gasteiger partial charge in [0.25, 0.3) is 0 Å². The molecule has 2 heterocycles. The molecule has 9 heteroatoms. The molecule has 184 valence electrons. The van der Waals surface area contributed by atoms with Gasteiger partial charge in [-0.2, -0.15) is 0 Å². The van der Waals surface area contributed by atoms with Crippen molar-refractivity contribution in [3.8, 4) is 5.75 Å².